The molecule has 0 radical (unpaired) electrons. The lowest BCUT2D eigenvalue weighted by Gasteiger charge is -2.21. The number of azide groups is 1. The van der Waals surface area contributed by atoms with Crippen LogP contribution < -0.4 is 4.74 Å². The van der Waals surface area contributed by atoms with E-state index in [-0.39, 0.29) is 6.04 Å². The summed E-state index contributed by atoms with van der Waals surface area (Å²) in [5.74, 6) is 1.09. The molecule has 116 valence electrons. The zero-order chi connectivity index (χ0) is 15.9. The first-order chi connectivity index (χ1) is 10.7. The van der Waals surface area contributed by atoms with E-state index >= 15 is 0 Å². The van der Waals surface area contributed by atoms with Gasteiger partial charge in [-0.3, -0.25) is 0 Å². The number of hydrogen-bond donors (Lipinski definition) is 0. The second-order valence-electron chi connectivity index (χ2n) is 5.09. The Balaban J connectivity index is 2.43. The molecule has 1 unspecified atom stereocenters. The van der Waals surface area contributed by atoms with Crippen LogP contribution in [-0.4, -0.2) is 16.9 Å². The summed E-state index contributed by atoms with van der Waals surface area (Å²) in [5.41, 5.74) is 10.8. The Morgan fingerprint density at radius 3 is 2.45 bits per heavy atom. The number of ether oxygens (including phenoxy) is 1. The molecule has 2 aromatic rings. The standard InChI is InChI=1S/C16H21N5O/c1-4-12(5-2)16(19-20-17)15-10-11-18-21(15)13-6-8-14(22-3)9-7-13/h6-12,16H,4-5H2,1-3H3. The molecule has 2 rings (SSSR count). The Morgan fingerprint density at radius 2 is 1.91 bits per heavy atom. The highest BCUT2D eigenvalue weighted by atomic mass is 16.5. The molecule has 1 aromatic heterocycles. The first-order valence-electron chi connectivity index (χ1n) is 7.47. The van der Waals surface area contributed by atoms with Gasteiger partial charge in [0.2, 0.25) is 0 Å². The number of benzene rings is 1. The fourth-order valence-corrected chi connectivity index (χ4v) is 2.66. The average Bonchev–Trinajstić information content (AvgIpc) is 3.04. The quantitative estimate of drug-likeness (QED) is 0.423. The van der Waals surface area contributed by atoms with Gasteiger partial charge in [-0.2, -0.15) is 5.10 Å². The summed E-state index contributed by atoms with van der Waals surface area (Å²) in [4.78, 5) is 3.03. The summed E-state index contributed by atoms with van der Waals surface area (Å²) in [6, 6.07) is 9.36. The van der Waals surface area contributed by atoms with Crippen LogP contribution in [0, 0.1) is 5.92 Å². The lowest BCUT2D eigenvalue weighted by molar-refractivity contribution is 0.392. The molecule has 6 nitrogen and oxygen atoms in total. The van der Waals surface area contributed by atoms with Crippen LogP contribution in [0.3, 0.4) is 0 Å². The van der Waals surface area contributed by atoms with Crippen molar-refractivity contribution < 1.29 is 4.74 Å². The Labute approximate surface area is 130 Å². The van der Waals surface area contributed by atoms with Gasteiger partial charge in [0, 0.05) is 11.1 Å². The maximum absolute atomic E-state index is 8.92. The molecule has 0 bridgehead atoms. The smallest absolute Gasteiger partial charge is 0.119 e. The largest absolute Gasteiger partial charge is 0.497 e. The fourth-order valence-electron chi connectivity index (χ4n) is 2.66. The van der Waals surface area contributed by atoms with Crippen LogP contribution in [0.1, 0.15) is 38.4 Å². The SMILES string of the molecule is CCC(CC)C(N=[N+]=[N-])c1ccnn1-c1ccc(OC)cc1. The minimum atomic E-state index is -0.218. The van der Waals surface area contributed by atoms with Crippen LogP contribution in [-0.2, 0) is 0 Å². The molecule has 0 aliphatic carbocycles. The molecular formula is C16H21N5O. The minimum absolute atomic E-state index is 0.218. The third-order valence-electron chi connectivity index (χ3n) is 3.96. The van der Waals surface area contributed by atoms with Gasteiger partial charge in [-0.05, 0) is 41.8 Å². The van der Waals surface area contributed by atoms with Gasteiger partial charge in [-0.1, -0.05) is 31.8 Å². The lowest BCUT2D eigenvalue weighted by Crippen LogP contribution is -2.14. The first kappa shape index (κ1) is 15.9. The number of nitrogens with zero attached hydrogens (tertiary/aromatic N) is 5. The molecule has 0 aliphatic rings. The Morgan fingerprint density at radius 1 is 1.23 bits per heavy atom. The van der Waals surface area contributed by atoms with E-state index in [0.29, 0.717) is 5.92 Å². The van der Waals surface area contributed by atoms with Gasteiger partial charge < -0.3 is 4.74 Å². The van der Waals surface area contributed by atoms with Gasteiger partial charge in [-0.15, -0.1) is 0 Å². The van der Waals surface area contributed by atoms with Gasteiger partial charge in [0.1, 0.15) is 5.75 Å². The number of hydrogen-bond acceptors (Lipinski definition) is 3. The van der Waals surface area contributed by atoms with E-state index < -0.39 is 0 Å². The maximum atomic E-state index is 8.92. The molecule has 0 saturated heterocycles. The van der Waals surface area contributed by atoms with Crippen molar-refractivity contribution in [2.75, 3.05) is 7.11 Å². The zero-order valence-electron chi connectivity index (χ0n) is 13.2. The molecule has 1 atom stereocenters. The summed E-state index contributed by atoms with van der Waals surface area (Å²) >= 11 is 0. The Bertz CT molecular complexity index is 639. The molecule has 1 heterocycles. The van der Waals surface area contributed by atoms with Crippen molar-refractivity contribution in [3.8, 4) is 11.4 Å². The van der Waals surface area contributed by atoms with Crippen molar-refractivity contribution in [1.82, 2.24) is 9.78 Å². The zero-order valence-corrected chi connectivity index (χ0v) is 13.2. The van der Waals surface area contributed by atoms with E-state index in [9.17, 15) is 0 Å². The van der Waals surface area contributed by atoms with Crippen molar-refractivity contribution in [1.29, 1.82) is 0 Å². The molecule has 0 fully saturated rings. The molecule has 0 spiro atoms. The predicted molar refractivity (Wildman–Crippen MR) is 86.1 cm³/mol. The van der Waals surface area contributed by atoms with E-state index in [2.05, 4.69) is 29.0 Å². The highest BCUT2D eigenvalue weighted by molar-refractivity contribution is 5.38. The highest BCUT2D eigenvalue weighted by Gasteiger charge is 2.23. The van der Waals surface area contributed by atoms with Crippen molar-refractivity contribution in [2.24, 2.45) is 11.0 Å². The van der Waals surface area contributed by atoms with E-state index in [1.165, 1.54) is 0 Å². The molecule has 1 aromatic carbocycles. The van der Waals surface area contributed by atoms with E-state index in [1.54, 1.807) is 13.3 Å². The van der Waals surface area contributed by atoms with Crippen molar-refractivity contribution in [3.63, 3.8) is 0 Å². The van der Waals surface area contributed by atoms with E-state index in [4.69, 9.17) is 10.3 Å². The van der Waals surface area contributed by atoms with Gasteiger partial charge in [0.15, 0.2) is 0 Å². The number of rotatable bonds is 7. The topological polar surface area (TPSA) is 75.8 Å². The second kappa shape index (κ2) is 7.52. The van der Waals surface area contributed by atoms with Gasteiger partial charge in [-0.25, -0.2) is 4.68 Å². The average molecular weight is 299 g/mol. The molecule has 0 amide bonds. The molecule has 6 heteroatoms. The molecule has 22 heavy (non-hydrogen) atoms. The van der Waals surface area contributed by atoms with Crippen LogP contribution in [0.5, 0.6) is 5.75 Å². The maximum Gasteiger partial charge on any atom is 0.119 e. The van der Waals surface area contributed by atoms with Crippen molar-refractivity contribution in [2.45, 2.75) is 32.7 Å². The summed E-state index contributed by atoms with van der Waals surface area (Å²) < 4.78 is 7.01. The predicted octanol–water partition coefficient (Wildman–Crippen LogP) is 4.67. The number of methoxy groups -OCH3 is 1. The minimum Gasteiger partial charge on any atom is -0.497 e. The summed E-state index contributed by atoms with van der Waals surface area (Å²) in [5, 5.41) is 8.41. The van der Waals surface area contributed by atoms with Crippen LogP contribution in [0.2, 0.25) is 0 Å². The van der Waals surface area contributed by atoms with E-state index in [1.807, 2.05) is 35.0 Å². The summed E-state index contributed by atoms with van der Waals surface area (Å²) in [7, 11) is 1.64. The summed E-state index contributed by atoms with van der Waals surface area (Å²) in [6.07, 6.45) is 3.64. The molecule has 0 saturated carbocycles. The summed E-state index contributed by atoms with van der Waals surface area (Å²) in [6.45, 7) is 4.23. The van der Waals surface area contributed by atoms with Crippen LogP contribution in [0.25, 0.3) is 16.1 Å². The van der Waals surface area contributed by atoms with Gasteiger partial charge in [0.25, 0.3) is 0 Å². The normalized spacial score (nSPS) is 12.0. The third-order valence-corrected chi connectivity index (χ3v) is 3.96. The number of aromatic nitrogens is 2. The van der Waals surface area contributed by atoms with Crippen LogP contribution in [0.15, 0.2) is 41.6 Å². The molecule has 0 N–H and O–H groups in total. The van der Waals surface area contributed by atoms with Gasteiger partial charge in [0.05, 0.1) is 24.5 Å². The van der Waals surface area contributed by atoms with E-state index in [0.717, 1.165) is 30.0 Å². The van der Waals surface area contributed by atoms with Crippen molar-refractivity contribution in [3.05, 3.63) is 52.7 Å². The fraction of sp³-hybridized carbons (Fsp3) is 0.438. The molecular weight excluding hydrogens is 278 g/mol. The van der Waals surface area contributed by atoms with Gasteiger partial charge >= 0.3 is 0 Å². The van der Waals surface area contributed by atoms with Crippen LogP contribution >= 0.6 is 0 Å². The Kier molecular flexibility index (Phi) is 5.44. The highest BCUT2D eigenvalue weighted by Crippen LogP contribution is 2.32. The third kappa shape index (κ3) is 3.23. The van der Waals surface area contributed by atoms with Crippen molar-refractivity contribution >= 4 is 0 Å². The second-order valence-corrected chi connectivity index (χ2v) is 5.09. The Hall–Kier alpha value is -2.46. The monoisotopic (exact) mass is 299 g/mol. The van der Waals surface area contributed by atoms with Crippen LogP contribution in [0.4, 0.5) is 0 Å². The lowest BCUT2D eigenvalue weighted by atomic mass is 9.92. The molecule has 0 aliphatic heterocycles. The first-order valence-corrected chi connectivity index (χ1v) is 7.47.